The average molecular weight is 432 g/mol. The summed E-state index contributed by atoms with van der Waals surface area (Å²) in [4.78, 5) is 36.8. The summed E-state index contributed by atoms with van der Waals surface area (Å²) >= 11 is 0. The molecule has 1 unspecified atom stereocenters. The lowest BCUT2D eigenvalue weighted by Crippen LogP contribution is -2.42. The Kier molecular flexibility index (Phi) is 7.59. The van der Waals surface area contributed by atoms with Gasteiger partial charge in [0, 0.05) is 11.3 Å². The van der Waals surface area contributed by atoms with E-state index in [0.717, 1.165) is 0 Å². The van der Waals surface area contributed by atoms with Crippen LogP contribution < -0.4 is 15.4 Å². The fraction of sp³-hybridized carbons (Fsp3) is 0.160. The second-order valence-corrected chi connectivity index (χ2v) is 7.07. The van der Waals surface area contributed by atoms with Crippen LogP contribution in [0.25, 0.3) is 0 Å². The second kappa shape index (κ2) is 10.8. The Labute approximate surface area is 186 Å². The number of hydrogen-bond acceptors (Lipinski definition) is 5. The highest BCUT2D eigenvalue weighted by Gasteiger charge is 2.23. The Hall–Kier alpha value is -4.13. The lowest BCUT2D eigenvalue weighted by Gasteiger charge is -2.17. The molecule has 3 aromatic carbocycles. The van der Waals surface area contributed by atoms with Crippen LogP contribution in [-0.2, 0) is 14.3 Å². The van der Waals surface area contributed by atoms with E-state index in [1.165, 1.54) is 13.8 Å². The van der Waals surface area contributed by atoms with E-state index < -0.39 is 29.9 Å². The average Bonchev–Trinajstić information content (AvgIpc) is 2.81. The molecule has 0 bridgehead atoms. The van der Waals surface area contributed by atoms with Gasteiger partial charge in [0.05, 0.1) is 0 Å². The van der Waals surface area contributed by atoms with Crippen LogP contribution in [0.15, 0.2) is 84.9 Å². The molecule has 0 aromatic heterocycles. The third-order valence-electron chi connectivity index (χ3n) is 4.50. The summed E-state index contributed by atoms with van der Waals surface area (Å²) in [5, 5.41) is 5.24. The van der Waals surface area contributed by atoms with Gasteiger partial charge in [-0.05, 0) is 62.4 Å². The maximum atomic E-state index is 12.4. The summed E-state index contributed by atoms with van der Waals surface area (Å²) in [6, 6.07) is 23.8. The Bertz CT molecular complexity index is 1050. The zero-order valence-electron chi connectivity index (χ0n) is 17.8. The SMILES string of the molecule is CC(OC(=O)[C@H](C)NC(=O)c1ccccc1)C(=O)Nc1ccc(Oc2ccccc2)cc1. The van der Waals surface area contributed by atoms with Gasteiger partial charge in [-0.15, -0.1) is 0 Å². The summed E-state index contributed by atoms with van der Waals surface area (Å²) in [6.45, 7) is 2.96. The minimum Gasteiger partial charge on any atom is -0.457 e. The number of esters is 1. The molecule has 32 heavy (non-hydrogen) atoms. The summed E-state index contributed by atoms with van der Waals surface area (Å²) in [7, 11) is 0. The molecule has 3 rings (SSSR count). The predicted octanol–water partition coefficient (Wildman–Crippen LogP) is 4.17. The highest BCUT2D eigenvalue weighted by atomic mass is 16.5. The smallest absolute Gasteiger partial charge is 0.329 e. The molecule has 0 aliphatic heterocycles. The molecule has 0 saturated heterocycles. The summed E-state index contributed by atoms with van der Waals surface area (Å²) in [5.41, 5.74) is 0.960. The van der Waals surface area contributed by atoms with Crippen molar-refractivity contribution in [2.24, 2.45) is 0 Å². The van der Waals surface area contributed by atoms with Gasteiger partial charge in [0.15, 0.2) is 6.10 Å². The van der Waals surface area contributed by atoms with Crippen molar-refractivity contribution in [3.05, 3.63) is 90.5 Å². The van der Waals surface area contributed by atoms with Crippen LogP contribution in [0.5, 0.6) is 11.5 Å². The third-order valence-corrected chi connectivity index (χ3v) is 4.50. The van der Waals surface area contributed by atoms with Gasteiger partial charge in [-0.25, -0.2) is 4.79 Å². The van der Waals surface area contributed by atoms with E-state index in [4.69, 9.17) is 9.47 Å². The normalized spacial score (nSPS) is 12.2. The van der Waals surface area contributed by atoms with Gasteiger partial charge in [0.1, 0.15) is 17.5 Å². The van der Waals surface area contributed by atoms with Gasteiger partial charge in [-0.2, -0.15) is 0 Å². The highest BCUT2D eigenvalue weighted by Crippen LogP contribution is 2.22. The van der Waals surface area contributed by atoms with Crippen molar-refractivity contribution in [3.8, 4) is 11.5 Å². The number of carbonyl (C=O) groups is 3. The molecule has 0 aliphatic rings. The molecule has 0 saturated carbocycles. The largest absolute Gasteiger partial charge is 0.457 e. The number of carbonyl (C=O) groups excluding carboxylic acids is 3. The summed E-state index contributed by atoms with van der Waals surface area (Å²) in [5.74, 6) is -0.264. The standard InChI is InChI=1S/C25H24N2O5/c1-17(26-24(29)19-9-5-3-6-10-19)25(30)31-18(2)23(28)27-20-13-15-22(16-14-20)32-21-11-7-4-8-12-21/h3-18H,1-2H3,(H,26,29)(H,27,28)/t17-,18?/m0/s1. The quantitative estimate of drug-likeness (QED) is 0.521. The van der Waals surface area contributed by atoms with Crippen LogP contribution in [-0.4, -0.2) is 29.9 Å². The van der Waals surface area contributed by atoms with E-state index in [9.17, 15) is 14.4 Å². The van der Waals surface area contributed by atoms with Gasteiger partial charge >= 0.3 is 5.97 Å². The monoisotopic (exact) mass is 432 g/mol. The molecular formula is C25H24N2O5. The number of nitrogens with one attached hydrogen (secondary N) is 2. The molecule has 0 spiro atoms. The second-order valence-electron chi connectivity index (χ2n) is 7.07. The van der Waals surface area contributed by atoms with Crippen molar-refractivity contribution in [1.82, 2.24) is 5.32 Å². The minimum atomic E-state index is -1.04. The van der Waals surface area contributed by atoms with Crippen molar-refractivity contribution in [2.75, 3.05) is 5.32 Å². The number of hydrogen-bond donors (Lipinski definition) is 2. The van der Waals surface area contributed by atoms with Crippen LogP contribution in [0.3, 0.4) is 0 Å². The van der Waals surface area contributed by atoms with Crippen LogP contribution in [0.2, 0.25) is 0 Å². The predicted molar refractivity (Wildman–Crippen MR) is 121 cm³/mol. The zero-order valence-corrected chi connectivity index (χ0v) is 17.8. The van der Waals surface area contributed by atoms with Gasteiger partial charge in [0.25, 0.3) is 11.8 Å². The van der Waals surface area contributed by atoms with Gasteiger partial charge < -0.3 is 20.1 Å². The molecule has 2 amide bonds. The highest BCUT2D eigenvalue weighted by molar-refractivity contribution is 5.98. The van der Waals surface area contributed by atoms with Crippen molar-refractivity contribution >= 4 is 23.5 Å². The van der Waals surface area contributed by atoms with Gasteiger partial charge in [-0.1, -0.05) is 36.4 Å². The van der Waals surface area contributed by atoms with Crippen LogP contribution >= 0.6 is 0 Å². The van der Waals surface area contributed by atoms with E-state index in [0.29, 0.717) is 22.7 Å². The summed E-state index contributed by atoms with van der Waals surface area (Å²) in [6.07, 6.45) is -1.04. The van der Waals surface area contributed by atoms with E-state index in [2.05, 4.69) is 10.6 Å². The van der Waals surface area contributed by atoms with Crippen molar-refractivity contribution < 1.29 is 23.9 Å². The van der Waals surface area contributed by atoms with Crippen LogP contribution in [0, 0.1) is 0 Å². The van der Waals surface area contributed by atoms with Gasteiger partial charge in [0.2, 0.25) is 0 Å². The Morgan fingerprint density at radius 3 is 1.94 bits per heavy atom. The number of para-hydroxylation sites is 1. The first kappa shape index (κ1) is 22.6. The Morgan fingerprint density at radius 1 is 0.750 bits per heavy atom. The number of anilines is 1. The molecule has 2 N–H and O–H groups in total. The van der Waals surface area contributed by atoms with Crippen LogP contribution in [0.4, 0.5) is 5.69 Å². The summed E-state index contributed by atoms with van der Waals surface area (Å²) < 4.78 is 10.9. The van der Waals surface area contributed by atoms with E-state index in [1.54, 1.807) is 54.6 Å². The molecule has 7 heteroatoms. The number of benzene rings is 3. The Morgan fingerprint density at radius 2 is 1.31 bits per heavy atom. The third kappa shape index (κ3) is 6.43. The molecule has 164 valence electrons. The molecule has 0 fully saturated rings. The van der Waals surface area contributed by atoms with Crippen molar-refractivity contribution in [3.63, 3.8) is 0 Å². The zero-order chi connectivity index (χ0) is 22.9. The van der Waals surface area contributed by atoms with E-state index in [-0.39, 0.29) is 0 Å². The Balaban J connectivity index is 1.48. The van der Waals surface area contributed by atoms with Crippen molar-refractivity contribution in [2.45, 2.75) is 26.0 Å². The minimum absolute atomic E-state index is 0.398. The molecule has 0 heterocycles. The maximum Gasteiger partial charge on any atom is 0.329 e. The lowest BCUT2D eigenvalue weighted by molar-refractivity contribution is -0.154. The first-order valence-corrected chi connectivity index (χ1v) is 10.1. The molecule has 0 aliphatic carbocycles. The first-order chi connectivity index (χ1) is 15.4. The van der Waals surface area contributed by atoms with E-state index >= 15 is 0 Å². The molecule has 7 nitrogen and oxygen atoms in total. The topological polar surface area (TPSA) is 93.7 Å². The fourth-order valence-electron chi connectivity index (χ4n) is 2.73. The number of ether oxygens (including phenoxy) is 2. The van der Waals surface area contributed by atoms with Crippen molar-refractivity contribution in [1.29, 1.82) is 0 Å². The fourth-order valence-corrected chi connectivity index (χ4v) is 2.73. The molecule has 0 radical (unpaired) electrons. The molecule has 3 aromatic rings. The lowest BCUT2D eigenvalue weighted by atomic mass is 10.2. The number of amides is 2. The first-order valence-electron chi connectivity index (χ1n) is 10.1. The maximum absolute atomic E-state index is 12.4. The van der Waals surface area contributed by atoms with Gasteiger partial charge in [-0.3, -0.25) is 9.59 Å². The van der Waals surface area contributed by atoms with E-state index in [1.807, 2.05) is 30.3 Å². The number of rotatable bonds is 8. The molecular weight excluding hydrogens is 408 g/mol. The van der Waals surface area contributed by atoms with Crippen LogP contribution in [0.1, 0.15) is 24.2 Å². The molecule has 2 atom stereocenters.